The Morgan fingerprint density at radius 2 is 1.05 bits per heavy atom. The van der Waals surface area contributed by atoms with E-state index in [1.54, 1.807) is 0 Å². The van der Waals surface area contributed by atoms with Gasteiger partial charge in [0.1, 0.15) is 0 Å². The normalized spacial score (nSPS) is 29.1. The average molecular weight is 266 g/mol. The third kappa shape index (κ3) is 3.72. The zero-order chi connectivity index (χ0) is 14.3. The molecule has 0 amide bonds. The van der Waals surface area contributed by atoms with E-state index in [0.29, 0.717) is 11.1 Å². The number of hydrogen-bond acceptors (Lipinski definition) is 2. The molecule has 0 saturated carbocycles. The number of piperidine rings is 1. The van der Waals surface area contributed by atoms with Crippen LogP contribution in [0.3, 0.4) is 0 Å². The van der Waals surface area contributed by atoms with E-state index in [4.69, 9.17) is 0 Å². The van der Waals surface area contributed by atoms with E-state index in [-0.39, 0.29) is 0 Å². The molecule has 1 unspecified atom stereocenters. The highest BCUT2D eigenvalue weighted by atomic mass is 15.2. The van der Waals surface area contributed by atoms with Crippen molar-refractivity contribution in [3.63, 3.8) is 0 Å². The molecular formula is C17H34N2. The quantitative estimate of drug-likeness (QED) is 0.715. The Labute approximate surface area is 120 Å². The lowest BCUT2D eigenvalue weighted by molar-refractivity contribution is 0.0683. The first kappa shape index (κ1) is 15.3. The van der Waals surface area contributed by atoms with Crippen LogP contribution >= 0.6 is 0 Å². The van der Waals surface area contributed by atoms with Gasteiger partial charge in [0.25, 0.3) is 0 Å². The average Bonchev–Trinajstić information content (AvgIpc) is 2.77. The summed E-state index contributed by atoms with van der Waals surface area (Å²) in [6.45, 7) is 19.4. The van der Waals surface area contributed by atoms with E-state index >= 15 is 0 Å². The van der Waals surface area contributed by atoms with Gasteiger partial charge >= 0.3 is 0 Å². The van der Waals surface area contributed by atoms with Crippen molar-refractivity contribution in [1.82, 2.24) is 9.80 Å². The van der Waals surface area contributed by atoms with Crippen LogP contribution < -0.4 is 0 Å². The SMILES string of the molecule is CC(C)(C)N1CCC(C2CCN(C(C)(C)C)C2)CC1. The highest BCUT2D eigenvalue weighted by molar-refractivity contribution is 4.90. The third-order valence-corrected chi connectivity index (χ3v) is 5.33. The van der Waals surface area contributed by atoms with Crippen molar-refractivity contribution in [2.45, 2.75) is 71.9 Å². The molecule has 2 heterocycles. The van der Waals surface area contributed by atoms with Gasteiger partial charge in [0.2, 0.25) is 0 Å². The fraction of sp³-hybridized carbons (Fsp3) is 1.00. The molecule has 0 radical (unpaired) electrons. The first-order valence-corrected chi connectivity index (χ1v) is 8.18. The Hall–Kier alpha value is -0.0800. The monoisotopic (exact) mass is 266 g/mol. The molecule has 0 spiro atoms. The second kappa shape index (κ2) is 5.37. The van der Waals surface area contributed by atoms with Gasteiger partial charge in [-0.05, 0) is 92.3 Å². The van der Waals surface area contributed by atoms with Crippen LogP contribution in [0.2, 0.25) is 0 Å². The lowest BCUT2D eigenvalue weighted by Gasteiger charge is -2.42. The van der Waals surface area contributed by atoms with Crippen LogP contribution in [0.4, 0.5) is 0 Å². The molecule has 0 N–H and O–H groups in total. The van der Waals surface area contributed by atoms with Gasteiger partial charge in [-0.1, -0.05) is 0 Å². The van der Waals surface area contributed by atoms with Crippen molar-refractivity contribution in [2.24, 2.45) is 11.8 Å². The summed E-state index contributed by atoms with van der Waals surface area (Å²) in [5, 5.41) is 0. The minimum absolute atomic E-state index is 0.359. The van der Waals surface area contributed by atoms with Crippen molar-refractivity contribution in [3.8, 4) is 0 Å². The van der Waals surface area contributed by atoms with E-state index in [0.717, 1.165) is 11.8 Å². The summed E-state index contributed by atoms with van der Waals surface area (Å²) in [5.41, 5.74) is 0.721. The molecule has 0 aromatic rings. The van der Waals surface area contributed by atoms with Gasteiger partial charge in [0.15, 0.2) is 0 Å². The van der Waals surface area contributed by atoms with Crippen LogP contribution in [0, 0.1) is 11.8 Å². The fourth-order valence-corrected chi connectivity index (χ4v) is 3.82. The molecule has 0 aromatic carbocycles. The van der Waals surface area contributed by atoms with E-state index in [1.165, 1.54) is 45.4 Å². The standard InChI is InChI=1S/C17H34N2/c1-16(2,3)18-10-7-14(8-11-18)15-9-12-19(13-15)17(4,5)6/h14-15H,7-13H2,1-6H3. The minimum Gasteiger partial charge on any atom is -0.298 e. The Bertz CT molecular complexity index is 289. The maximum Gasteiger partial charge on any atom is 0.0125 e. The van der Waals surface area contributed by atoms with Crippen LogP contribution in [-0.4, -0.2) is 47.1 Å². The van der Waals surface area contributed by atoms with Crippen LogP contribution in [0.25, 0.3) is 0 Å². The second-order valence-corrected chi connectivity index (χ2v) is 8.66. The number of hydrogen-bond donors (Lipinski definition) is 0. The Balaban J connectivity index is 1.83. The topological polar surface area (TPSA) is 6.48 Å². The molecular weight excluding hydrogens is 232 g/mol. The first-order valence-electron chi connectivity index (χ1n) is 8.18. The van der Waals surface area contributed by atoms with Crippen LogP contribution in [0.15, 0.2) is 0 Å². The lowest BCUT2D eigenvalue weighted by atomic mass is 9.82. The van der Waals surface area contributed by atoms with Gasteiger partial charge in [-0.2, -0.15) is 0 Å². The third-order valence-electron chi connectivity index (χ3n) is 5.33. The molecule has 0 aromatic heterocycles. The van der Waals surface area contributed by atoms with Gasteiger partial charge in [-0.15, -0.1) is 0 Å². The van der Waals surface area contributed by atoms with E-state index in [1.807, 2.05) is 0 Å². The molecule has 19 heavy (non-hydrogen) atoms. The van der Waals surface area contributed by atoms with Crippen LogP contribution in [0.5, 0.6) is 0 Å². The predicted molar refractivity (Wildman–Crippen MR) is 83.5 cm³/mol. The zero-order valence-electron chi connectivity index (χ0n) is 14.0. The molecule has 2 heteroatoms. The predicted octanol–water partition coefficient (Wildman–Crippen LogP) is 3.62. The van der Waals surface area contributed by atoms with E-state index in [2.05, 4.69) is 51.3 Å². The maximum atomic E-state index is 2.69. The summed E-state index contributed by atoms with van der Waals surface area (Å²) in [6.07, 6.45) is 4.26. The number of rotatable bonds is 1. The van der Waals surface area contributed by atoms with Gasteiger partial charge in [-0.25, -0.2) is 0 Å². The molecule has 0 bridgehead atoms. The van der Waals surface area contributed by atoms with Crippen molar-refractivity contribution in [1.29, 1.82) is 0 Å². The summed E-state index contributed by atoms with van der Waals surface area (Å²) in [7, 11) is 0. The molecule has 2 fully saturated rings. The maximum absolute atomic E-state index is 2.69. The number of likely N-dealkylation sites (tertiary alicyclic amines) is 2. The van der Waals surface area contributed by atoms with Crippen molar-refractivity contribution in [2.75, 3.05) is 26.2 Å². The molecule has 2 aliphatic rings. The van der Waals surface area contributed by atoms with Crippen LogP contribution in [-0.2, 0) is 0 Å². The Morgan fingerprint density at radius 1 is 0.632 bits per heavy atom. The van der Waals surface area contributed by atoms with Crippen molar-refractivity contribution in [3.05, 3.63) is 0 Å². The minimum atomic E-state index is 0.359. The van der Waals surface area contributed by atoms with Gasteiger partial charge in [0.05, 0.1) is 0 Å². The lowest BCUT2D eigenvalue weighted by Crippen LogP contribution is -2.47. The molecule has 2 aliphatic heterocycles. The molecule has 0 aliphatic carbocycles. The molecule has 112 valence electrons. The van der Waals surface area contributed by atoms with Crippen molar-refractivity contribution >= 4 is 0 Å². The second-order valence-electron chi connectivity index (χ2n) is 8.66. The summed E-state index contributed by atoms with van der Waals surface area (Å²) >= 11 is 0. The smallest absolute Gasteiger partial charge is 0.0125 e. The van der Waals surface area contributed by atoms with Crippen molar-refractivity contribution < 1.29 is 0 Å². The zero-order valence-corrected chi connectivity index (χ0v) is 14.0. The summed E-state index contributed by atoms with van der Waals surface area (Å²) in [4.78, 5) is 5.35. The molecule has 2 rings (SSSR count). The van der Waals surface area contributed by atoms with Gasteiger partial charge in [0, 0.05) is 17.6 Å². The summed E-state index contributed by atoms with van der Waals surface area (Å²) < 4.78 is 0. The van der Waals surface area contributed by atoms with Crippen LogP contribution in [0.1, 0.15) is 60.8 Å². The highest BCUT2D eigenvalue weighted by Crippen LogP contribution is 2.35. The summed E-state index contributed by atoms with van der Waals surface area (Å²) in [6, 6.07) is 0. The van der Waals surface area contributed by atoms with E-state index < -0.39 is 0 Å². The Kier molecular flexibility index (Phi) is 4.32. The molecule has 1 atom stereocenters. The largest absolute Gasteiger partial charge is 0.298 e. The molecule has 2 nitrogen and oxygen atoms in total. The van der Waals surface area contributed by atoms with E-state index in [9.17, 15) is 0 Å². The Morgan fingerprint density at radius 3 is 1.47 bits per heavy atom. The van der Waals surface area contributed by atoms with Gasteiger partial charge < -0.3 is 0 Å². The first-order chi connectivity index (χ1) is 8.68. The number of nitrogens with zero attached hydrogens (tertiary/aromatic N) is 2. The summed E-state index contributed by atoms with van der Waals surface area (Å²) in [5.74, 6) is 1.94. The molecule has 2 saturated heterocycles. The fourth-order valence-electron chi connectivity index (χ4n) is 3.82. The van der Waals surface area contributed by atoms with Gasteiger partial charge in [-0.3, -0.25) is 9.80 Å². The highest BCUT2D eigenvalue weighted by Gasteiger charge is 2.36.